The molecule has 0 radical (unpaired) electrons. The predicted molar refractivity (Wildman–Crippen MR) is 55.2 cm³/mol. The van der Waals surface area contributed by atoms with Gasteiger partial charge in [0.2, 0.25) is 5.88 Å². The fourth-order valence-electron chi connectivity index (χ4n) is 1.26. The number of hydrogen-bond acceptors (Lipinski definition) is 3. The minimum Gasteiger partial charge on any atom is -0.473 e. The van der Waals surface area contributed by atoms with E-state index < -0.39 is 0 Å². The molecule has 0 saturated heterocycles. The van der Waals surface area contributed by atoms with Gasteiger partial charge in [-0.05, 0) is 12.1 Å². The number of nitrogens with zero attached hydrogens (tertiary/aromatic N) is 2. The highest BCUT2D eigenvalue weighted by molar-refractivity contribution is 5.83. The first kappa shape index (κ1) is 9.58. The molecule has 2 aromatic rings. The molecule has 2 rings (SSSR count). The van der Waals surface area contributed by atoms with Crippen molar-refractivity contribution in [1.29, 1.82) is 0 Å². The molecule has 0 spiro atoms. The van der Waals surface area contributed by atoms with E-state index in [2.05, 4.69) is 16.5 Å². The molecule has 0 amide bonds. The molecule has 15 heavy (non-hydrogen) atoms. The molecule has 4 heteroatoms. The number of hydrogen-bond donors (Lipinski definition) is 0. The van der Waals surface area contributed by atoms with Crippen molar-refractivity contribution in [3.05, 3.63) is 43.0 Å². The first-order valence-electron chi connectivity index (χ1n) is 4.45. The summed E-state index contributed by atoms with van der Waals surface area (Å²) in [6, 6.07) is 4.30. The Hall–Kier alpha value is -1.97. The lowest BCUT2D eigenvalue weighted by Gasteiger charge is -2.04. The lowest BCUT2D eigenvalue weighted by molar-refractivity contribution is 0.353. The van der Waals surface area contributed by atoms with Gasteiger partial charge in [-0.15, -0.1) is 0 Å². The fourth-order valence-corrected chi connectivity index (χ4v) is 1.26. The summed E-state index contributed by atoms with van der Waals surface area (Å²) < 4.78 is 18.2. The van der Waals surface area contributed by atoms with Gasteiger partial charge in [-0.25, -0.2) is 14.4 Å². The molecule has 3 nitrogen and oxygen atoms in total. The summed E-state index contributed by atoms with van der Waals surface area (Å²) in [4.78, 5) is 7.92. The van der Waals surface area contributed by atoms with Gasteiger partial charge in [0.15, 0.2) is 0 Å². The van der Waals surface area contributed by atoms with Gasteiger partial charge in [0, 0.05) is 6.07 Å². The molecule has 0 fully saturated rings. The van der Waals surface area contributed by atoms with Gasteiger partial charge >= 0.3 is 0 Å². The molecule has 0 N–H and O–H groups in total. The van der Waals surface area contributed by atoms with Crippen molar-refractivity contribution in [1.82, 2.24) is 9.97 Å². The number of halogens is 1. The Labute approximate surface area is 86.2 Å². The molecule has 0 aliphatic rings. The van der Waals surface area contributed by atoms with Crippen LogP contribution < -0.4 is 4.74 Å². The molecular weight excluding hydrogens is 195 g/mol. The van der Waals surface area contributed by atoms with E-state index in [1.54, 1.807) is 12.1 Å². The van der Waals surface area contributed by atoms with Crippen LogP contribution in [0.25, 0.3) is 10.9 Å². The number of ether oxygens (including phenoxy) is 1. The predicted octanol–water partition coefficient (Wildman–Crippen LogP) is 2.33. The van der Waals surface area contributed by atoms with Crippen LogP contribution in [0.1, 0.15) is 0 Å². The van der Waals surface area contributed by atoms with Gasteiger partial charge in [-0.1, -0.05) is 12.7 Å². The van der Waals surface area contributed by atoms with Crippen molar-refractivity contribution in [2.24, 2.45) is 0 Å². The zero-order valence-electron chi connectivity index (χ0n) is 7.98. The third-order valence-corrected chi connectivity index (χ3v) is 1.90. The van der Waals surface area contributed by atoms with Gasteiger partial charge < -0.3 is 4.74 Å². The van der Waals surface area contributed by atoms with Crippen LogP contribution in [0.5, 0.6) is 5.88 Å². The van der Waals surface area contributed by atoms with Crippen molar-refractivity contribution >= 4 is 10.9 Å². The van der Waals surface area contributed by atoms with Crippen molar-refractivity contribution < 1.29 is 9.13 Å². The number of benzene rings is 1. The second kappa shape index (κ2) is 4.04. The zero-order chi connectivity index (χ0) is 10.7. The van der Waals surface area contributed by atoms with Gasteiger partial charge in [0.05, 0.1) is 10.9 Å². The van der Waals surface area contributed by atoms with E-state index in [1.807, 2.05) is 0 Å². The van der Waals surface area contributed by atoms with Crippen LogP contribution in [0.3, 0.4) is 0 Å². The van der Waals surface area contributed by atoms with E-state index in [1.165, 1.54) is 18.5 Å². The SMILES string of the molecule is C=CCOc1ncnc2cc(F)ccc12. The fraction of sp³-hybridized carbons (Fsp3) is 0.0909. The molecule has 0 aliphatic carbocycles. The van der Waals surface area contributed by atoms with Crippen LogP contribution in [-0.2, 0) is 0 Å². The summed E-state index contributed by atoms with van der Waals surface area (Å²) in [5.74, 6) is 0.121. The molecule has 76 valence electrons. The van der Waals surface area contributed by atoms with Crippen LogP contribution in [-0.4, -0.2) is 16.6 Å². The third kappa shape index (κ3) is 1.93. The average molecular weight is 204 g/mol. The maximum atomic E-state index is 12.9. The van der Waals surface area contributed by atoms with E-state index in [4.69, 9.17) is 4.74 Å². The zero-order valence-corrected chi connectivity index (χ0v) is 7.98. The van der Waals surface area contributed by atoms with Crippen molar-refractivity contribution in [2.45, 2.75) is 0 Å². The largest absolute Gasteiger partial charge is 0.473 e. The normalized spacial score (nSPS) is 10.2. The maximum Gasteiger partial charge on any atom is 0.224 e. The Morgan fingerprint density at radius 2 is 2.27 bits per heavy atom. The second-order valence-electron chi connectivity index (χ2n) is 2.94. The lowest BCUT2D eigenvalue weighted by Crippen LogP contribution is -1.97. The summed E-state index contributed by atoms with van der Waals surface area (Å²) in [5, 5.41) is 0.695. The minimum absolute atomic E-state index is 0.323. The van der Waals surface area contributed by atoms with Crippen molar-refractivity contribution in [2.75, 3.05) is 6.61 Å². The molecule has 1 aromatic heterocycles. The summed E-state index contributed by atoms with van der Waals surface area (Å²) in [7, 11) is 0. The van der Waals surface area contributed by atoms with Crippen LogP contribution in [0, 0.1) is 5.82 Å². The Bertz CT molecular complexity index is 499. The number of rotatable bonds is 3. The highest BCUT2D eigenvalue weighted by atomic mass is 19.1. The van der Waals surface area contributed by atoms with Gasteiger partial charge in [-0.3, -0.25) is 0 Å². The van der Waals surface area contributed by atoms with Crippen molar-refractivity contribution in [3.63, 3.8) is 0 Å². The van der Waals surface area contributed by atoms with E-state index >= 15 is 0 Å². The number of fused-ring (bicyclic) bond motifs is 1. The van der Waals surface area contributed by atoms with Gasteiger partial charge in [0.1, 0.15) is 18.8 Å². The van der Waals surface area contributed by atoms with Gasteiger partial charge in [-0.2, -0.15) is 0 Å². The Balaban J connectivity index is 2.50. The Morgan fingerprint density at radius 3 is 3.07 bits per heavy atom. The standard InChI is InChI=1S/C11H9FN2O/c1-2-5-15-11-9-4-3-8(12)6-10(9)13-7-14-11/h2-4,6-7H,1,5H2. The summed E-state index contributed by atoms with van der Waals surface area (Å²) in [6.07, 6.45) is 2.97. The summed E-state index contributed by atoms with van der Waals surface area (Å²) >= 11 is 0. The molecule has 1 aromatic carbocycles. The maximum absolute atomic E-state index is 12.9. The molecule has 0 atom stereocenters. The smallest absolute Gasteiger partial charge is 0.224 e. The lowest BCUT2D eigenvalue weighted by atomic mass is 10.2. The Kier molecular flexibility index (Phi) is 2.58. The molecule has 0 aliphatic heterocycles. The topological polar surface area (TPSA) is 35.0 Å². The van der Waals surface area contributed by atoms with E-state index in [0.717, 1.165) is 0 Å². The first-order valence-corrected chi connectivity index (χ1v) is 4.45. The van der Waals surface area contributed by atoms with Crippen LogP contribution in [0.15, 0.2) is 37.2 Å². The summed E-state index contributed by atoms with van der Waals surface area (Å²) in [6.45, 7) is 3.91. The van der Waals surface area contributed by atoms with Crippen LogP contribution >= 0.6 is 0 Å². The van der Waals surface area contributed by atoms with Crippen molar-refractivity contribution in [3.8, 4) is 5.88 Å². The molecular formula is C11H9FN2O. The third-order valence-electron chi connectivity index (χ3n) is 1.90. The molecule has 0 unspecified atom stereocenters. The average Bonchev–Trinajstić information content (AvgIpc) is 2.25. The molecule has 1 heterocycles. The first-order chi connectivity index (χ1) is 7.31. The highest BCUT2D eigenvalue weighted by Crippen LogP contribution is 2.21. The summed E-state index contributed by atoms with van der Waals surface area (Å²) in [5.41, 5.74) is 0.532. The number of aromatic nitrogens is 2. The molecule has 0 saturated carbocycles. The van der Waals surface area contributed by atoms with E-state index in [0.29, 0.717) is 23.4 Å². The van der Waals surface area contributed by atoms with E-state index in [9.17, 15) is 4.39 Å². The van der Waals surface area contributed by atoms with Crippen LogP contribution in [0.4, 0.5) is 4.39 Å². The molecule has 0 bridgehead atoms. The monoisotopic (exact) mass is 204 g/mol. The van der Waals surface area contributed by atoms with Crippen LogP contribution in [0.2, 0.25) is 0 Å². The minimum atomic E-state index is -0.323. The quantitative estimate of drug-likeness (QED) is 0.720. The van der Waals surface area contributed by atoms with E-state index in [-0.39, 0.29) is 5.82 Å². The second-order valence-corrected chi connectivity index (χ2v) is 2.94. The Morgan fingerprint density at radius 1 is 1.40 bits per heavy atom. The highest BCUT2D eigenvalue weighted by Gasteiger charge is 2.04. The van der Waals surface area contributed by atoms with Gasteiger partial charge in [0.25, 0.3) is 0 Å².